The van der Waals surface area contributed by atoms with Gasteiger partial charge in [0.05, 0.1) is 11.9 Å². The molecule has 4 rings (SSSR count). The third-order valence-electron chi connectivity index (χ3n) is 6.32. The second kappa shape index (κ2) is 12.7. The molecule has 2 atom stereocenters. The Labute approximate surface area is 244 Å². The van der Waals surface area contributed by atoms with Gasteiger partial charge in [-0.3, -0.25) is 4.79 Å². The highest BCUT2D eigenvalue weighted by Crippen LogP contribution is 2.29. The lowest BCUT2D eigenvalue weighted by Gasteiger charge is -2.32. The van der Waals surface area contributed by atoms with Crippen LogP contribution < -0.4 is 21.7 Å². The molecule has 1 unspecified atom stereocenters. The molecule has 11 heteroatoms. The van der Waals surface area contributed by atoms with Crippen LogP contribution in [0.25, 0.3) is 11.3 Å². The number of aromatic nitrogens is 2. The van der Waals surface area contributed by atoms with Crippen LogP contribution in [0, 0.1) is 0 Å². The van der Waals surface area contributed by atoms with Gasteiger partial charge in [0, 0.05) is 45.3 Å². The molecule has 1 aromatic heterocycles. The molecule has 0 radical (unpaired) electrons. The van der Waals surface area contributed by atoms with Crippen LogP contribution in [-0.4, -0.2) is 40.2 Å². The van der Waals surface area contributed by atoms with Gasteiger partial charge in [0.2, 0.25) is 0 Å². The second-order valence-corrected chi connectivity index (χ2v) is 11.7. The van der Waals surface area contributed by atoms with Crippen LogP contribution in [0.3, 0.4) is 0 Å². The Balaban J connectivity index is 1.39. The van der Waals surface area contributed by atoms with E-state index in [4.69, 9.17) is 45.3 Å². The minimum Gasteiger partial charge on any atom is -0.459 e. The number of esters is 1. The van der Waals surface area contributed by atoms with Crippen molar-refractivity contribution >= 4 is 52.4 Å². The lowest BCUT2D eigenvalue weighted by atomic mass is 9.98. The van der Waals surface area contributed by atoms with Crippen LogP contribution in [0.5, 0.6) is 0 Å². The zero-order chi connectivity index (χ0) is 28.2. The number of halogens is 3. The summed E-state index contributed by atoms with van der Waals surface area (Å²) >= 11 is 19.2. The number of anilines is 2. The second-order valence-electron chi connectivity index (χ2n) is 10.5. The molecular formula is C28H33Cl3N6O2. The summed E-state index contributed by atoms with van der Waals surface area (Å²) in [6, 6.07) is 11.0. The number of carbonyl (C=O) groups excluding carboxylic acids is 1. The summed E-state index contributed by atoms with van der Waals surface area (Å²) in [5, 5.41) is 11.7. The van der Waals surface area contributed by atoms with E-state index in [2.05, 4.69) is 25.9 Å². The van der Waals surface area contributed by atoms with Crippen molar-refractivity contribution in [2.24, 2.45) is 0 Å². The van der Waals surface area contributed by atoms with E-state index in [1.54, 1.807) is 24.4 Å². The van der Waals surface area contributed by atoms with Gasteiger partial charge in [0.15, 0.2) is 11.6 Å². The molecule has 0 spiro atoms. The predicted octanol–water partition coefficient (Wildman–Crippen LogP) is 5.85. The quantitative estimate of drug-likeness (QED) is 0.241. The number of hydrogen-bond donors (Lipinski definition) is 4. The van der Waals surface area contributed by atoms with Crippen molar-refractivity contribution in [2.75, 3.05) is 17.6 Å². The van der Waals surface area contributed by atoms with Crippen LogP contribution in [-0.2, 0) is 22.6 Å². The molecule has 8 nitrogen and oxygen atoms in total. The molecule has 0 amide bonds. The minimum absolute atomic E-state index is 0.169. The van der Waals surface area contributed by atoms with Gasteiger partial charge in [0.1, 0.15) is 11.6 Å². The number of nitrogens with two attached hydrogens (primary N) is 1. The monoisotopic (exact) mass is 590 g/mol. The van der Waals surface area contributed by atoms with Crippen LogP contribution in [0.4, 0.5) is 11.6 Å². The Hall–Kier alpha value is -2.62. The van der Waals surface area contributed by atoms with Crippen molar-refractivity contribution in [3.8, 4) is 11.3 Å². The van der Waals surface area contributed by atoms with E-state index in [0.717, 1.165) is 29.7 Å². The van der Waals surface area contributed by atoms with Gasteiger partial charge in [-0.15, -0.1) is 0 Å². The minimum atomic E-state index is -0.510. The number of rotatable bonds is 8. The predicted molar refractivity (Wildman–Crippen MR) is 158 cm³/mol. The topological polar surface area (TPSA) is 114 Å². The zero-order valence-corrected chi connectivity index (χ0v) is 24.4. The molecule has 2 aromatic carbocycles. The van der Waals surface area contributed by atoms with E-state index in [1.807, 2.05) is 39.0 Å². The van der Waals surface area contributed by atoms with E-state index in [1.165, 1.54) is 0 Å². The highest BCUT2D eigenvalue weighted by Gasteiger charge is 2.30. The van der Waals surface area contributed by atoms with Crippen LogP contribution in [0.1, 0.15) is 44.7 Å². The van der Waals surface area contributed by atoms with Crippen LogP contribution >= 0.6 is 34.8 Å². The van der Waals surface area contributed by atoms with Crippen LogP contribution in [0.2, 0.25) is 15.1 Å². The molecule has 1 aliphatic heterocycles. The number of nitrogens with one attached hydrogen (secondary N) is 3. The third kappa shape index (κ3) is 7.96. The fourth-order valence-corrected chi connectivity index (χ4v) is 5.08. The van der Waals surface area contributed by atoms with E-state index in [0.29, 0.717) is 46.1 Å². The standard InChI is InChI=1S/C28H33Cl3N6O2/c1-28(2,3)39-27(38)23-12-18(9-10-33-23)34-13-17-8-7-16(11-22(17)31)24-15-35-25(32)26(37-24)36-14-19-20(29)5-4-6-21(19)30/h4-8,11,15,18,23,33-34H,9-10,12-14H2,1-3H3,(H2,32,35)(H,36,37)/t18?,23-/m1/s1. The van der Waals surface area contributed by atoms with Gasteiger partial charge in [0.25, 0.3) is 0 Å². The summed E-state index contributed by atoms with van der Waals surface area (Å²) in [6.07, 6.45) is 3.17. The third-order valence-corrected chi connectivity index (χ3v) is 7.38. The summed E-state index contributed by atoms with van der Waals surface area (Å²) < 4.78 is 5.54. The molecule has 3 aromatic rings. The molecule has 208 valence electrons. The number of nitrogen functional groups attached to an aromatic ring is 1. The summed E-state index contributed by atoms with van der Waals surface area (Å²) in [5.41, 5.74) is 8.68. The van der Waals surface area contributed by atoms with Gasteiger partial charge in [-0.2, -0.15) is 0 Å². The molecule has 0 saturated carbocycles. The van der Waals surface area contributed by atoms with Gasteiger partial charge in [-0.05, 0) is 63.9 Å². The number of nitrogens with zero attached hydrogens (tertiary/aromatic N) is 2. The first-order chi connectivity index (χ1) is 18.5. The van der Waals surface area contributed by atoms with Crippen molar-refractivity contribution < 1.29 is 9.53 Å². The molecule has 0 aliphatic carbocycles. The van der Waals surface area contributed by atoms with Crippen molar-refractivity contribution in [3.05, 3.63) is 68.8 Å². The smallest absolute Gasteiger partial charge is 0.323 e. The Morgan fingerprint density at radius 1 is 1.13 bits per heavy atom. The Morgan fingerprint density at radius 2 is 1.87 bits per heavy atom. The number of benzene rings is 2. The average molecular weight is 592 g/mol. The largest absolute Gasteiger partial charge is 0.459 e. The molecule has 0 bridgehead atoms. The Bertz CT molecular complexity index is 1310. The van der Waals surface area contributed by atoms with Crippen molar-refractivity contribution in [2.45, 2.75) is 64.4 Å². The molecular weight excluding hydrogens is 559 g/mol. The Kier molecular flexibility index (Phi) is 9.56. The summed E-state index contributed by atoms with van der Waals surface area (Å²) in [7, 11) is 0. The zero-order valence-electron chi connectivity index (χ0n) is 22.2. The fraction of sp³-hybridized carbons (Fsp3) is 0.393. The molecule has 1 aliphatic rings. The maximum absolute atomic E-state index is 12.5. The molecule has 2 heterocycles. The number of carbonyl (C=O) groups is 1. The van der Waals surface area contributed by atoms with Gasteiger partial charge >= 0.3 is 5.97 Å². The first-order valence-corrected chi connectivity index (χ1v) is 13.9. The van der Waals surface area contributed by atoms with E-state index < -0.39 is 5.60 Å². The van der Waals surface area contributed by atoms with Gasteiger partial charge in [-0.25, -0.2) is 9.97 Å². The van der Waals surface area contributed by atoms with E-state index in [9.17, 15) is 4.79 Å². The van der Waals surface area contributed by atoms with E-state index in [-0.39, 0.29) is 23.9 Å². The van der Waals surface area contributed by atoms with Crippen molar-refractivity contribution in [1.82, 2.24) is 20.6 Å². The number of ether oxygens (including phenoxy) is 1. The first-order valence-electron chi connectivity index (χ1n) is 12.8. The maximum atomic E-state index is 12.5. The van der Waals surface area contributed by atoms with Gasteiger partial charge < -0.3 is 26.4 Å². The van der Waals surface area contributed by atoms with Crippen LogP contribution in [0.15, 0.2) is 42.6 Å². The van der Waals surface area contributed by atoms with Crippen molar-refractivity contribution in [3.63, 3.8) is 0 Å². The van der Waals surface area contributed by atoms with Crippen molar-refractivity contribution in [1.29, 1.82) is 0 Å². The van der Waals surface area contributed by atoms with Gasteiger partial charge in [-0.1, -0.05) is 53.0 Å². The lowest BCUT2D eigenvalue weighted by molar-refractivity contribution is -0.158. The number of hydrogen-bond acceptors (Lipinski definition) is 8. The molecule has 1 fully saturated rings. The Morgan fingerprint density at radius 3 is 2.56 bits per heavy atom. The fourth-order valence-electron chi connectivity index (χ4n) is 4.30. The average Bonchev–Trinajstić information content (AvgIpc) is 2.88. The summed E-state index contributed by atoms with van der Waals surface area (Å²) in [5.74, 6) is 0.473. The first kappa shape index (κ1) is 29.4. The number of piperidine rings is 1. The highest BCUT2D eigenvalue weighted by atomic mass is 35.5. The molecule has 5 N–H and O–H groups in total. The summed E-state index contributed by atoms with van der Waals surface area (Å²) in [6.45, 7) is 7.28. The normalized spacial score (nSPS) is 17.6. The highest BCUT2D eigenvalue weighted by molar-refractivity contribution is 6.36. The molecule has 39 heavy (non-hydrogen) atoms. The molecule has 1 saturated heterocycles. The summed E-state index contributed by atoms with van der Waals surface area (Å²) in [4.78, 5) is 21.4. The SMILES string of the molecule is CC(C)(C)OC(=O)[C@H]1CC(NCc2ccc(-c3cnc(N)c(NCc4c(Cl)cccc4Cl)n3)cc2Cl)CCN1. The van der Waals surface area contributed by atoms with E-state index >= 15 is 0 Å². The lowest BCUT2D eigenvalue weighted by Crippen LogP contribution is -2.51. The maximum Gasteiger partial charge on any atom is 0.323 e.